The number of amides is 1. The molecular formula is C29H28N6O3. The maximum absolute atomic E-state index is 13.4. The molecule has 2 N–H and O–H groups in total. The van der Waals surface area contributed by atoms with Crippen molar-refractivity contribution in [1.29, 1.82) is 0 Å². The average Bonchev–Trinajstić information content (AvgIpc) is 3.25. The lowest BCUT2D eigenvalue weighted by atomic mass is 9.85. The number of carbonyl (C=O) groups excluding carboxylic acids is 1. The summed E-state index contributed by atoms with van der Waals surface area (Å²) < 4.78 is 1.12. The van der Waals surface area contributed by atoms with E-state index in [1.165, 1.54) is 12.5 Å². The molecule has 1 amide bonds. The second kappa shape index (κ2) is 9.68. The molecular weight excluding hydrogens is 480 g/mol. The van der Waals surface area contributed by atoms with E-state index in [1.807, 2.05) is 24.3 Å². The van der Waals surface area contributed by atoms with Gasteiger partial charge in [0.15, 0.2) is 0 Å². The van der Waals surface area contributed by atoms with Crippen molar-refractivity contribution in [2.45, 2.75) is 39.3 Å². The molecule has 0 saturated carbocycles. The van der Waals surface area contributed by atoms with E-state index in [2.05, 4.69) is 53.8 Å². The van der Waals surface area contributed by atoms with Crippen molar-refractivity contribution in [2.75, 3.05) is 10.2 Å². The number of fused-ring (bicyclic) bond motifs is 1. The highest BCUT2D eigenvalue weighted by molar-refractivity contribution is 6.10. The number of anilines is 3. The molecule has 0 spiro atoms. The van der Waals surface area contributed by atoms with E-state index in [4.69, 9.17) is 0 Å². The molecule has 5 rings (SSSR count). The lowest BCUT2D eigenvalue weighted by Gasteiger charge is -2.21. The number of aliphatic hydroxyl groups is 1. The third kappa shape index (κ3) is 4.48. The Morgan fingerprint density at radius 3 is 2.61 bits per heavy atom. The summed E-state index contributed by atoms with van der Waals surface area (Å²) in [6.45, 7) is 10.2. The second-order valence-corrected chi connectivity index (χ2v) is 10.1. The largest absolute Gasteiger partial charge is 0.392 e. The molecule has 9 nitrogen and oxygen atoms in total. The minimum atomic E-state index is -0.413. The molecule has 1 aliphatic rings. The van der Waals surface area contributed by atoms with Gasteiger partial charge < -0.3 is 15.3 Å². The highest BCUT2D eigenvalue weighted by Crippen LogP contribution is 2.37. The van der Waals surface area contributed by atoms with E-state index < -0.39 is 5.56 Å². The van der Waals surface area contributed by atoms with E-state index in [-0.39, 0.29) is 23.6 Å². The summed E-state index contributed by atoms with van der Waals surface area (Å²) >= 11 is 0. The summed E-state index contributed by atoms with van der Waals surface area (Å²) in [5.41, 5.74) is 4.66. The van der Waals surface area contributed by atoms with Crippen molar-refractivity contribution in [2.24, 2.45) is 0 Å². The first-order chi connectivity index (χ1) is 18.2. The molecule has 0 aliphatic carbocycles. The minimum absolute atomic E-state index is 0.0425. The summed E-state index contributed by atoms with van der Waals surface area (Å²) in [5.74, 6) is 0.318. The Kier molecular flexibility index (Phi) is 6.38. The Hall–Kier alpha value is -4.63. The van der Waals surface area contributed by atoms with Crippen molar-refractivity contribution in [3.63, 3.8) is 0 Å². The van der Waals surface area contributed by atoms with Crippen LogP contribution in [-0.2, 0) is 18.6 Å². The van der Waals surface area contributed by atoms with Gasteiger partial charge in [0, 0.05) is 29.1 Å². The number of hydrogen-bond donors (Lipinski definition) is 2. The fourth-order valence-corrected chi connectivity index (χ4v) is 4.58. The fraction of sp³-hybridized carbons (Fsp3) is 0.207. The smallest absolute Gasteiger partial charge is 0.294 e. The fourth-order valence-electron chi connectivity index (χ4n) is 4.58. The molecule has 0 bridgehead atoms. The topological polar surface area (TPSA) is 113 Å². The first kappa shape index (κ1) is 25.0. The van der Waals surface area contributed by atoms with Crippen molar-refractivity contribution in [1.82, 2.24) is 19.7 Å². The maximum atomic E-state index is 13.4. The molecule has 4 aromatic rings. The summed E-state index contributed by atoms with van der Waals surface area (Å²) in [6.07, 6.45) is 4.25. The van der Waals surface area contributed by atoms with Crippen LogP contribution >= 0.6 is 0 Å². The highest BCUT2D eigenvalue weighted by Gasteiger charge is 2.31. The van der Waals surface area contributed by atoms with Crippen LogP contribution in [0.5, 0.6) is 0 Å². The van der Waals surface area contributed by atoms with Crippen LogP contribution in [0.2, 0.25) is 0 Å². The van der Waals surface area contributed by atoms with Crippen LogP contribution in [0.4, 0.5) is 17.2 Å². The molecule has 1 aliphatic heterocycles. The van der Waals surface area contributed by atoms with Gasteiger partial charge in [0.05, 0.1) is 24.5 Å². The predicted octanol–water partition coefficient (Wildman–Crippen LogP) is 4.49. The molecule has 192 valence electrons. The Bertz CT molecular complexity index is 1610. The molecule has 0 radical (unpaired) electrons. The van der Waals surface area contributed by atoms with Gasteiger partial charge in [0.2, 0.25) is 0 Å². The second-order valence-electron chi connectivity index (χ2n) is 10.1. The third-order valence-corrected chi connectivity index (χ3v) is 6.60. The van der Waals surface area contributed by atoms with Crippen LogP contribution in [0.15, 0.2) is 72.4 Å². The van der Waals surface area contributed by atoms with Gasteiger partial charge in [-0.2, -0.15) is 5.10 Å². The zero-order valence-corrected chi connectivity index (χ0v) is 21.5. The number of benzene rings is 2. The van der Waals surface area contributed by atoms with Crippen LogP contribution in [0.25, 0.3) is 17.5 Å². The molecule has 2 aromatic carbocycles. The van der Waals surface area contributed by atoms with Crippen LogP contribution in [0, 0.1) is 0 Å². The van der Waals surface area contributed by atoms with Crippen molar-refractivity contribution in [3.05, 3.63) is 100 Å². The molecule has 38 heavy (non-hydrogen) atoms. The van der Waals surface area contributed by atoms with E-state index in [1.54, 1.807) is 29.3 Å². The number of nitrogens with one attached hydrogen (secondary N) is 1. The van der Waals surface area contributed by atoms with Crippen LogP contribution in [-0.4, -0.2) is 30.8 Å². The Morgan fingerprint density at radius 2 is 1.92 bits per heavy atom. The number of carbonyl (C=O) groups is 1. The van der Waals surface area contributed by atoms with Crippen LogP contribution < -0.4 is 15.8 Å². The Morgan fingerprint density at radius 1 is 1.11 bits per heavy atom. The monoisotopic (exact) mass is 508 g/mol. The van der Waals surface area contributed by atoms with Crippen molar-refractivity contribution in [3.8, 4) is 11.3 Å². The van der Waals surface area contributed by atoms with Gasteiger partial charge in [0.25, 0.3) is 11.5 Å². The van der Waals surface area contributed by atoms with Crippen LogP contribution in [0.3, 0.4) is 0 Å². The highest BCUT2D eigenvalue weighted by atomic mass is 16.3. The van der Waals surface area contributed by atoms with Gasteiger partial charge in [-0.25, -0.2) is 14.6 Å². The van der Waals surface area contributed by atoms with Gasteiger partial charge in [-0.15, -0.1) is 0 Å². The Labute approximate surface area is 220 Å². The number of rotatable bonds is 6. The van der Waals surface area contributed by atoms with E-state index in [0.29, 0.717) is 40.4 Å². The van der Waals surface area contributed by atoms with E-state index in [0.717, 1.165) is 15.8 Å². The van der Waals surface area contributed by atoms with Gasteiger partial charge in [-0.05, 0) is 40.8 Å². The standard InChI is InChI=1S/C29H28N6O3/c1-5-35-28(38)24(32-26-11-12-30-17-31-26)14-23(33-35)21-7-6-8-25(22(21)16-36)34-15-18-13-19(29(2,3)4)9-10-20(18)27(34)37/h5-14,17,36H,1,15-16H2,2-4H3,(H,30,31,32). The van der Waals surface area contributed by atoms with E-state index >= 15 is 0 Å². The van der Waals surface area contributed by atoms with Gasteiger partial charge in [-0.3, -0.25) is 9.59 Å². The summed E-state index contributed by atoms with van der Waals surface area (Å²) in [7, 11) is 0. The normalized spacial score (nSPS) is 12.9. The SMILES string of the molecule is C=Cn1nc(-c2cccc(N3Cc4cc(C(C)(C)C)ccc4C3=O)c2CO)cc(Nc2ccncn2)c1=O. The zero-order chi connectivity index (χ0) is 27.0. The number of aromatic nitrogens is 4. The lowest BCUT2D eigenvalue weighted by Crippen LogP contribution is -2.25. The molecule has 2 aromatic heterocycles. The molecule has 0 atom stereocenters. The molecule has 0 saturated heterocycles. The quantitative estimate of drug-likeness (QED) is 0.394. The first-order valence-corrected chi connectivity index (χ1v) is 12.2. The molecule has 3 heterocycles. The van der Waals surface area contributed by atoms with Crippen LogP contribution in [0.1, 0.15) is 47.8 Å². The van der Waals surface area contributed by atoms with Gasteiger partial charge >= 0.3 is 0 Å². The average molecular weight is 509 g/mol. The summed E-state index contributed by atoms with van der Waals surface area (Å²) in [4.78, 5) is 36.0. The zero-order valence-electron chi connectivity index (χ0n) is 21.5. The van der Waals surface area contributed by atoms with Crippen molar-refractivity contribution < 1.29 is 9.90 Å². The first-order valence-electron chi connectivity index (χ1n) is 12.2. The predicted molar refractivity (Wildman–Crippen MR) is 147 cm³/mol. The van der Waals surface area contributed by atoms with Crippen molar-refractivity contribution >= 4 is 29.3 Å². The third-order valence-electron chi connectivity index (χ3n) is 6.60. The number of nitrogens with zero attached hydrogens (tertiary/aromatic N) is 5. The summed E-state index contributed by atoms with van der Waals surface area (Å²) in [6, 6.07) is 14.6. The maximum Gasteiger partial charge on any atom is 0.294 e. The number of aliphatic hydroxyl groups excluding tert-OH is 1. The Balaban J connectivity index is 1.58. The molecule has 9 heteroatoms. The minimum Gasteiger partial charge on any atom is -0.392 e. The lowest BCUT2D eigenvalue weighted by molar-refractivity contribution is 0.0996. The number of hydrogen-bond acceptors (Lipinski definition) is 7. The van der Waals surface area contributed by atoms with Gasteiger partial charge in [-0.1, -0.05) is 51.6 Å². The molecule has 0 unspecified atom stereocenters. The van der Waals surface area contributed by atoms with E-state index in [9.17, 15) is 14.7 Å². The molecule has 0 fully saturated rings. The summed E-state index contributed by atoms with van der Waals surface area (Å²) in [5, 5.41) is 17.9. The van der Waals surface area contributed by atoms with Gasteiger partial charge in [0.1, 0.15) is 17.8 Å².